The highest BCUT2D eigenvalue weighted by Gasteiger charge is 2.14. The summed E-state index contributed by atoms with van der Waals surface area (Å²) in [5, 5.41) is 2.65. The van der Waals surface area contributed by atoms with Gasteiger partial charge in [0.1, 0.15) is 12.7 Å². The van der Waals surface area contributed by atoms with Crippen molar-refractivity contribution in [3.05, 3.63) is 0 Å². The molecule has 1 amide bonds. The quantitative estimate of drug-likeness (QED) is 0.0467. The third-order valence-electron chi connectivity index (χ3n) is 6.97. The predicted octanol–water partition coefficient (Wildman–Crippen LogP) is 6.54. The molecule has 45 heavy (non-hydrogen) atoms. The van der Waals surface area contributed by atoms with Crippen molar-refractivity contribution in [3.63, 3.8) is 0 Å². The van der Waals surface area contributed by atoms with Crippen LogP contribution in [0.4, 0.5) is 4.79 Å². The summed E-state index contributed by atoms with van der Waals surface area (Å²) < 4.78 is 37.9. The Morgan fingerprint density at radius 2 is 1.09 bits per heavy atom. The zero-order valence-electron chi connectivity index (χ0n) is 28.8. The Labute approximate surface area is 273 Å². The van der Waals surface area contributed by atoms with Crippen LogP contribution in [0.1, 0.15) is 123 Å². The van der Waals surface area contributed by atoms with E-state index in [0.717, 1.165) is 57.8 Å². The summed E-state index contributed by atoms with van der Waals surface area (Å²) in [5.41, 5.74) is 0. The SMILES string of the molecule is CCCCCCCOC(=O)CCCCOCC(COC(=O)NCCOCCOC)OCCCCCCC(=O)OCCCCCC. The number of carbonyl (C=O) groups excluding carboxylic acids is 3. The molecule has 0 radical (unpaired) electrons. The van der Waals surface area contributed by atoms with Crippen molar-refractivity contribution in [2.75, 3.05) is 73.1 Å². The molecule has 0 saturated carbocycles. The molecule has 0 spiro atoms. The van der Waals surface area contributed by atoms with Crippen LogP contribution in [0.3, 0.4) is 0 Å². The van der Waals surface area contributed by atoms with E-state index in [1.165, 1.54) is 32.1 Å². The van der Waals surface area contributed by atoms with Crippen molar-refractivity contribution < 1.29 is 47.5 Å². The van der Waals surface area contributed by atoms with Gasteiger partial charge in [-0.2, -0.15) is 0 Å². The molecule has 0 aromatic heterocycles. The fraction of sp³-hybridized carbons (Fsp3) is 0.912. The normalized spacial score (nSPS) is 11.7. The molecule has 11 heteroatoms. The lowest BCUT2D eigenvalue weighted by molar-refractivity contribution is -0.144. The number of alkyl carbamates (subject to hydrolysis) is 1. The Morgan fingerprint density at radius 1 is 0.533 bits per heavy atom. The first kappa shape index (κ1) is 43.0. The summed E-state index contributed by atoms with van der Waals surface area (Å²) in [6.07, 6.45) is 14.8. The first-order chi connectivity index (χ1) is 22.0. The maximum atomic E-state index is 12.1. The number of nitrogens with one attached hydrogen (secondary N) is 1. The molecule has 0 aromatic rings. The smallest absolute Gasteiger partial charge is 0.407 e. The van der Waals surface area contributed by atoms with Crippen LogP contribution in [0.25, 0.3) is 0 Å². The van der Waals surface area contributed by atoms with Gasteiger partial charge in [0.25, 0.3) is 0 Å². The van der Waals surface area contributed by atoms with Crippen molar-refractivity contribution in [1.29, 1.82) is 0 Å². The van der Waals surface area contributed by atoms with E-state index in [9.17, 15) is 14.4 Å². The Morgan fingerprint density at radius 3 is 1.73 bits per heavy atom. The van der Waals surface area contributed by atoms with Crippen LogP contribution in [-0.4, -0.2) is 97.3 Å². The standard InChI is InChI=1S/C34H65NO10/c1-4-6-8-11-17-25-44-33(37)20-14-18-22-41-29-31(30-45-34(38)35-21-26-40-28-27-39-3)42-23-16-12-10-13-19-32(36)43-24-15-9-7-5-2/h31H,4-30H2,1-3H3,(H,35,38). The van der Waals surface area contributed by atoms with Crippen LogP contribution < -0.4 is 5.32 Å². The number of hydrogen-bond donors (Lipinski definition) is 1. The maximum absolute atomic E-state index is 12.1. The van der Waals surface area contributed by atoms with Gasteiger partial charge in [-0.3, -0.25) is 9.59 Å². The molecule has 0 fully saturated rings. The molecule has 266 valence electrons. The third kappa shape index (κ3) is 33.2. The number of hydrogen-bond acceptors (Lipinski definition) is 10. The van der Waals surface area contributed by atoms with Gasteiger partial charge in [0.15, 0.2) is 0 Å². The monoisotopic (exact) mass is 647 g/mol. The lowest BCUT2D eigenvalue weighted by Crippen LogP contribution is -2.33. The summed E-state index contributed by atoms with van der Waals surface area (Å²) in [5.74, 6) is -0.277. The average molecular weight is 648 g/mol. The van der Waals surface area contributed by atoms with Crippen LogP contribution in [0, 0.1) is 0 Å². The number of carbonyl (C=O) groups is 3. The van der Waals surface area contributed by atoms with E-state index in [1.807, 2.05) is 0 Å². The number of unbranched alkanes of at least 4 members (excludes halogenated alkanes) is 11. The zero-order valence-corrected chi connectivity index (χ0v) is 28.8. The number of esters is 2. The summed E-state index contributed by atoms with van der Waals surface area (Å²) in [4.78, 5) is 35.8. The predicted molar refractivity (Wildman–Crippen MR) is 174 cm³/mol. The van der Waals surface area contributed by atoms with E-state index in [0.29, 0.717) is 72.1 Å². The topological polar surface area (TPSA) is 128 Å². The second kappa shape index (κ2) is 34.9. The minimum atomic E-state index is -0.542. The largest absolute Gasteiger partial charge is 0.466 e. The lowest BCUT2D eigenvalue weighted by Gasteiger charge is -2.18. The van der Waals surface area contributed by atoms with E-state index < -0.39 is 12.2 Å². The minimum Gasteiger partial charge on any atom is -0.466 e. The van der Waals surface area contributed by atoms with Crippen LogP contribution in [-0.2, 0) is 42.7 Å². The van der Waals surface area contributed by atoms with Crippen molar-refractivity contribution >= 4 is 18.0 Å². The summed E-state index contributed by atoms with van der Waals surface area (Å²) in [6.45, 7) is 8.32. The van der Waals surface area contributed by atoms with Gasteiger partial charge in [-0.15, -0.1) is 0 Å². The first-order valence-electron chi connectivity index (χ1n) is 17.5. The third-order valence-corrected chi connectivity index (χ3v) is 6.97. The average Bonchev–Trinajstić information content (AvgIpc) is 3.03. The fourth-order valence-corrected chi connectivity index (χ4v) is 4.25. The first-order valence-corrected chi connectivity index (χ1v) is 17.5. The van der Waals surface area contributed by atoms with Gasteiger partial charge in [0.2, 0.25) is 0 Å². The molecular formula is C34H65NO10. The van der Waals surface area contributed by atoms with Gasteiger partial charge in [0, 0.05) is 39.7 Å². The van der Waals surface area contributed by atoms with Crippen LogP contribution >= 0.6 is 0 Å². The zero-order chi connectivity index (χ0) is 33.1. The van der Waals surface area contributed by atoms with Gasteiger partial charge in [-0.25, -0.2) is 4.79 Å². The Balaban J connectivity index is 4.18. The molecule has 0 saturated heterocycles. The summed E-state index contributed by atoms with van der Waals surface area (Å²) in [6, 6.07) is 0. The van der Waals surface area contributed by atoms with Gasteiger partial charge >= 0.3 is 18.0 Å². The highest BCUT2D eigenvalue weighted by Crippen LogP contribution is 2.08. The van der Waals surface area contributed by atoms with Gasteiger partial charge in [0.05, 0.1) is 39.6 Å². The van der Waals surface area contributed by atoms with Crippen molar-refractivity contribution in [2.45, 2.75) is 129 Å². The molecule has 0 aliphatic heterocycles. The molecule has 0 aliphatic rings. The van der Waals surface area contributed by atoms with E-state index in [1.54, 1.807) is 7.11 Å². The molecule has 1 unspecified atom stereocenters. The molecular weight excluding hydrogens is 582 g/mol. The molecule has 0 heterocycles. The molecule has 0 bridgehead atoms. The molecule has 1 atom stereocenters. The second-order valence-corrected chi connectivity index (χ2v) is 11.2. The molecule has 11 nitrogen and oxygen atoms in total. The number of amides is 1. The number of rotatable bonds is 34. The number of methoxy groups -OCH3 is 1. The molecule has 0 aromatic carbocycles. The second-order valence-electron chi connectivity index (χ2n) is 11.2. The van der Waals surface area contributed by atoms with Gasteiger partial charge in [-0.05, 0) is 38.5 Å². The van der Waals surface area contributed by atoms with Gasteiger partial charge < -0.3 is 38.5 Å². The van der Waals surface area contributed by atoms with E-state index in [2.05, 4.69) is 19.2 Å². The van der Waals surface area contributed by atoms with Crippen LogP contribution in [0.15, 0.2) is 0 Å². The van der Waals surface area contributed by atoms with Crippen molar-refractivity contribution in [3.8, 4) is 0 Å². The minimum absolute atomic E-state index is 0.0606. The summed E-state index contributed by atoms with van der Waals surface area (Å²) >= 11 is 0. The van der Waals surface area contributed by atoms with Gasteiger partial charge in [-0.1, -0.05) is 71.6 Å². The van der Waals surface area contributed by atoms with E-state index in [4.69, 9.17) is 33.2 Å². The Bertz CT molecular complexity index is 679. The maximum Gasteiger partial charge on any atom is 0.407 e. The fourth-order valence-electron chi connectivity index (χ4n) is 4.25. The van der Waals surface area contributed by atoms with Crippen LogP contribution in [0.2, 0.25) is 0 Å². The molecule has 1 N–H and O–H groups in total. The highest BCUT2D eigenvalue weighted by molar-refractivity contribution is 5.69. The Hall–Kier alpha value is -1.95. The van der Waals surface area contributed by atoms with Crippen LogP contribution in [0.5, 0.6) is 0 Å². The molecule has 0 aliphatic carbocycles. The molecule has 0 rings (SSSR count). The number of ether oxygens (including phenoxy) is 7. The van der Waals surface area contributed by atoms with Crippen molar-refractivity contribution in [1.82, 2.24) is 5.32 Å². The summed E-state index contributed by atoms with van der Waals surface area (Å²) in [7, 11) is 1.60. The van der Waals surface area contributed by atoms with E-state index >= 15 is 0 Å². The highest BCUT2D eigenvalue weighted by atomic mass is 16.6. The lowest BCUT2D eigenvalue weighted by atomic mass is 10.1. The van der Waals surface area contributed by atoms with E-state index in [-0.39, 0.29) is 25.2 Å². The Kier molecular flexibility index (Phi) is 33.4. The van der Waals surface area contributed by atoms with Crippen molar-refractivity contribution in [2.24, 2.45) is 0 Å².